The number of carbonyl (C=O) groups excluding carboxylic acids is 1. The zero-order valence-corrected chi connectivity index (χ0v) is 13.9. The van der Waals surface area contributed by atoms with Gasteiger partial charge >= 0.3 is 0 Å². The van der Waals surface area contributed by atoms with Crippen LogP contribution < -0.4 is 5.32 Å². The molecule has 2 heterocycles. The minimum atomic E-state index is -0.386. The number of aromatic nitrogens is 2. The Kier molecular flexibility index (Phi) is 4.40. The number of rotatable bonds is 4. The molecular formula is C17H15ClFN3O2. The SMILES string of the molecule is Cc1nn(Cc2ccc(F)cc2Cl)c(C)c1NC(=O)c1ccco1. The number of furan rings is 1. The highest BCUT2D eigenvalue weighted by molar-refractivity contribution is 6.31. The summed E-state index contributed by atoms with van der Waals surface area (Å²) in [5.41, 5.74) is 2.81. The molecular weight excluding hydrogens is 333 g/mol. The van der Waals surface area contributed by atoms with Crippen molar-refractivity contribution in [2.24, 2.45) is 0 Å². The topological polar surface area (TPSA) is 60.1 Å². The Morgan fingerprint density at radius 2 is 2.17 bits per heavy atom. The van der Waals surface area contributed by atoms with Gasteiger partial charge in [0.2, 0.25) is 0 Å². The summed E-state index contributed by atoms with van der Waals surface area (Å²) in [7, 11) is 0. The Balaban J connectivity index is 1.85. The van der Waals surface area contributed by atoms with Gasteiger partial charge < -0.3 is 9.73 Å². The fraction of sp³-hybridized carbons (Fsp3) is 0.176. The van der Waals surface area contributed by atoms with Crippen LogP contribution in [-0.4, -0.2) is 15.7 Å². The fourth-order valence-electron chi connectivity index (χ4n) is 2.43. The summed E-state index contributed by atoms with van der Waals surface area (Å²) in [5.74, 6) is -0.503. The number of anilines is 1. The molecule has 0 saturated heterocycles. The van der Waals surface area contributed by atoms with Crippen LogP contribution in [0.25, 0.3) is 0 Å². The van der Waals surface area contributed by atoms with E-state index in [-0.39, 0.29) is 17.5 Å². The molecule has 5 nitrogen and oxygen atoms in total. The zero-order chi connectivity index (χ0) is 17.3. The lowest BCUT2D eigenvalue weighted by molar-refractivity contribution is 0.0996. The minimum absolute atomic E-state index is 0.225. The average molecular weight is 348 g/mol. The Morgan fingerprint density at radius 3 is 2.83 bits per heavy atom. The summed E-state index contributed by atoms with van der Waals surface area (Å²) >= 11 is 6.07. The number of aryl methyl sites for hydroxylation is 1. The molecule has 1 N–H and O–H groups in total. The van der Waals surface area contributed by atoms with E-state index < -0.39 is 0 Å². The van der Waals surface area contributed by atoms with E-state index in [0.29, 0.717) is 22.9 Å². The molecule has 0 aliphatic heterocycles. The van der Waals surface area contributed by atoms with Crippen molar-refractivity contribution < 1.29 is 13.6 Å². The van der Waals surface area contributed by atoms with E-state index in [4.69, 9.17) is 16.0 Å². The van der Waals surface area contributed by atoms with Crippen molar-refractivity contribution >= 4 is 23.2 Å². The van der Waals surface area contributed by atoms with Crippen LogP contribution in [0.4, 0.5) is 10.1 Å². The Hall–Kier alpha value is -2.60. The second-order valence-corrected chi connectivity index (χ2v) is 5.78. The number of halogens is 2. The maximum absolute atomic E-state index is 13.1. The van der Waals surface area contributed by atoms with Crippen LogP contribution in [0.1, 0.15) is 27.5 Å². The zero-order valence-electron chi connectivity index (χ0n) is 13.1. The first-order valence-corrected chi connectivity index (χ1v) is 7.66. The standard InChI is InChI=1S/C17H15ClFN3O2/c1-10-16(20-17(23)15-4-3-7-24-15)11(2)22(21-10)9-12-5-6-13(19)8-14(12)18/h3-8H,9H2,1-2H3,(H,20,23). The van der Waals surface area contributed by atoms with E-state index in [0.717, 1.165) is 11.3 Å². The first-order chi connectivity index (χ1) is 11.5. The van der Waals surface area contributed by atoms with Crippen LogP contribution in [0.5, 0.6) is 0 Å². The molecule has 2 aromatic heterocycles. The van der Waals surface area contributed by atoms with E-state index in [1.807, 2.05) is 6.92 Å². The number of hydrogen-bond donors (Lipinski definition) is 1. The van der Waals surface area contributed by atoms with Crippen molar-refractivity contribution in [3.8, 4) is 0 Å². The molecule has 7 heteroatoms. The molecule has 3 rings (SSSR count). The lowest BCUT2D eigenvalue weighted by Crippen LogP contribution is -2.12. The van der Waals surface area contributed by atoms with Crippen LogP contribution in [0, 0.1) is 19.7 Å². The molecule has 3 aromatic rings. The Bertz CT molecular complexity index is 888. The van der Waals surface area contributed by atoms with E-state index in [1.165, 1.54) is 18.4 Å². The predicted octanol–water partition coefficient (Wildman–Crippen LogP) is 4.19. The number of amides is 1. The Morgan fingerprint density at radius 1 is 1.38 bits per heavy atom. The van der Waals surface area contributed by atoms with Crippen molar-refractivity contribution in [1.82, 2.24) is 9.78 Å². The van der Waals surface area contributed by atoms with Crippen LogP contribution in [-0.2, 0) is 6.54 Å². The van der Waals surface area contributed by atoms with Crippen LogP contribution in [0.3, 0.4) is 0 Å². The van der Waals surface area contributed by atoms with Gasteiger partial charge in [-0.15, -0.1) is 0 Å². The summed E-state index contributed by atoms with van der Waals surface area (Å²) < 4.78 is 19.9. The van der Waals surface area contributed by atoms with Crippen molar-refractivity contribution in [3.63, 3.8) is 0 Å². The van der Waals surface area contributed by atoms with Gasteiger partial charge in [-0.1, -0.05) is 17.7 Å². The maximum atomic E-state index is 13.1. The molecule has 0 unspecified atom stereocenters. The van der Waals surface area contributed by atoms with Gasteiger partial charge in [-0.25, -0.2) is 4.39 Å². The van der Waals surface area contributed by atoms with Crippen LogP contribution in [0.2, 0.25) is 5.02 Å². The quantitative estimate of drug-likeness (QED) is 0.770. The number of nitrogens with zero attached hydrogens (tertiary/aromatic N) is 2. The first kappa shape index (κ1) is 16.3. The third kappa shape index (κ3) is 3.19. The van der Waals surface area contributed by atoms with Crippen LogP contribution >= 0.6 is 11.6 Å². The van der Waals surface area contributed by atoms with Gasteiger partial charge in [0.15, 0.2) is 5.76 Å². The molecule has 0 atom stereocenters. The average Bonchev–Trinajstić information content (AvgIpc) is 3.15. The highest BCUT2D eigenvalue weighted by Gasteiger charge is 2.17. The van der Waals surface area contributed by atoms with E-state index in [2.05, 4.69) is 10.4 Å². The Labute approximate surface area is 143 Å². The van der Waals surface area contributed by atoms with Gasteiger partial charge in [0.05, 0.1) is 29.9 Å². The molecule has 0 bridgehead atoms. The largest absolute Gasteiger partial charge is 0.459 e. The van der Waals surface area contributed by atoms with Gasteiger partial charge in [0, 0.05) is 5.02 Å². The van der Waals surface area contributed by atoms with Gasteiger partial charge in [0.1, 0.15) is 5.82 Å². The minimum Gasteiger partial charge on any atom is -0.459 e. The van der Waals surface area contributed by atoms with Gasteiger partial charge in [-0.05, 0) is 43.7 Å². The smallest absolute Gasteiger partial charge is 0.291 e. The molecule has 0 saturated carbocycles. The molecule has 24 heavy (non-hydrogen) atoms. The summed E-state index contributed by atoms with van der Waals surface area (Å²) in [6.07, 6.45) is 1.44. The van der Waals surface area contributed by atoms with Crippen LogP contribution in [0.15, 0.2) is 41.0 Å². The van der Waals surface area contributed by atoms with E-state index in [9.17, 15) is 9.18 Å². The van der Waals surface area contributed by atoms with Crippen molar-refractivity contribution in [2.45, 2.75) is 20.4 Å². The highest BCUT2D eigenvalue weighted by Crippen LogP contribution is 2.24. The summed E-state index contributed by atoms with van der Waals surface area (Å²) in [6, 6.07) is 7.47. The fourth-order valence-corrected chi connectivity index (χ4v) is 2.65. The molecule has 0 fully saturated rings. The second kappa shape index (κ2) is 6.49. The summed E-state index contributed by atoms with van der Waals surface area (Å²) in [6.45, 7) is 4.02. The van der Waals surface area contributed by atoms with E-state index in [1.54, 1.807) is 29.8 Å². The normalized spacial score (nSPS) is 10.8. The van der Waals surface area contributed by atoms with E-state index >= 15 is 0 Å². The molecule has 0 radical (unpaired) electrons. The predicted molar refractivity (Wildman–Crippen MR) is 88.9 cm³/mol. The lowest BCUT2D eigenvalue weighted by atomic mass is 10.2. The molecule has 0 aliphatic carbocycles. The van der Waals surface area contributed by atoms with Gasteiger partial charge in [-0.2, -0.15) is 5.10 Å². The second-order valence-electron chi connectivity index (χ2n) is 5.37. The maximum Gasteiger partial charge on any atom is 0.291 e. The molecule has 1 aromatic carbocycles. The summed E-state index contributed by atoms with van der Waals surface area (Å²) in [4.78, 5) is 12.1. The molecule has 0 aliphatic rings. The number of carbonyl (C=O) groups is 1. The van der Waals surface area contributed by atoms with Gasteiger partial charge in [-0.3, -0.25) is 9.48 Å². The highest BCUT2D eigenvalue weighted by atomic mass is 35.5. The lowest BCUT2D eigenvalue weighted by Gasteiger charge is -2.08. The third-order valence-electron chi connectivity index (χ3n) is 3.70. The first-order valence-electron chi connectivity index (χ1n) is 7.28. The summed E-state index contributed by atoms with van der Waals surface area (Å²) in [5, 5.41) is 7.56. The molecule has 0 spiro atoms. The number of nitrogens with one attached hydrogen (secondary N) is 1. The molecule has 1 amide bonds. The number of benzene rings is 1. The molecule has 124 valence electrons. The van der Waals surface area contributed by atoms with Gasteiger partial charge in [0.25, 0.3) is 5.91 Å². The van der Waals surface area contributed by atoms with Crippen molar-refractivity contribution in [3.05, 3.63) is 70.1 Å². The monoisotopic (exact) mass is 347 g/mol. The third-order valence-corrected chi connectivity index (χ3v) is 4.05. The van der Waals surface area contributed by atoms with Crippen molar-refractivity contribution in [1.29, 1.82) is 0 Å². The van der Waals surface area contributed by atoms with Crippen molar-refractivity contribution in [2.75, 3.05) is 5.32 Å². The number of hydrogen-bond acceptors (Lipinski definition) is 3.